The molecule has 0 aliphatic heterocycles. The number of benzene rings is 2. The minimum absolute atomic E-state index is 0.0542. The van der Waals surface area contributed by atoms with Crippen LogP contribution >= 0.6 is 11.6 Å². The van der Waals surface area contributed by atoms with Gasteiger partial charge in [-0.25, -0.2) is 21.5 Å². The molecule has 0 aliphatic carbocycles. The van der Waals surface area contributed by atoms with Crippen molar-refractivity contribution in [3.8, 4) is 0 Å². The molecule has 1 amide bonds. The fourth-order valence-corrected chi connectivity index (χ4v) is 3.17. The number of nitrogens with one attached hydrogen (secondary N) is 1. The van der Waals surface area contributed by atoms with Crippen LogP contribution in [-0.2, 0) is 16.6 Å². The third-order valence-corrected chi connectivity index (χ3v) is 5.48. The third-order valence-electron chi connectivity index (χ3n) is 3.34. The summed E-state index contributed by atoms with van der Waals surface area (Å²) >= 11 is 5.96. The molecule has 0 aliphatic rings. The van der Waals surface area contributed by atoms with Gasteiger partial charge in [0.1, 0.15) is 11.6 Å². The van der Waals surface area contributed by atoms with E-state index in [1.54, 1.807) is 0 Å². The lowest BCUT2D eigenvalue weighted by Crippen LogP contribution is -2.25. The van der Waals surface area contributed by atoms with Gasteiger partial charge in [0, 0.05) is 26.7 Å². The van der Waals surface area contributed by atoms with Crippen LogP contribution in [-0.4, -0.2) is 32.7 Å². The minimum Gasteiger partial charge on any atom is -0.348 e. The van der Waals surface area contributed by atoms with E-state index in [1.165, 1.54) is 26.2 Å². The molecule has 0 heterocycles. The molecule has 0 aromatic heterocycles. The monoisotopic (exact) mass is 388 g/mol. The molecule has 25 heavy (non-hydrogen) atoms. The lowest BCUT2D eigenvalue weighted by Gasteiger charge is -2.13. The van der Waals surface area contributed by atoms with Gasteiger partial charge in [0.05, 0.1) is 15.5 Å². The summed E-state index contributed by atoms with van der Waals surface area (Å²) in [4.78, 5) is 12.2. The highest BCUT2D eigenvalue weighted by molar-refractivity contribution is 7.89. The van der Waals surface area contributed by atoms with Crippen LogP contribution in [0, 0.1) is 11.6 Å². The molecule has 0 fully saturated rings. The molecule has 2 aromatic carbocycles. The zero-order valence-electron chi connectivity index (χ0n) is 13.4. The first-order valence-corrected chi connectivity index (χ1v) is 8.88. The van der Waals surface area contributed by atoms with Crippen LogP contribution in [0.5, 0.6) is 0 Å². The smallest absolute Gasteiger partial charge is 0.253 e. The van der Waals surface area contributed by atoms with Crippen molar-refractivity contribution >= 4 is 27.5 Å². The average molecular weight is 389 g/mol. The third kappa shape index (κ3) is 4.53. The van der Waals surface area contributed by atoms with Crippen molar-refractivity contribution in [3.63, 3.8) is 0 Å². The number of amides is 1. The largest absolute Gasteiger partial charge is 0.348 e. The normalized spacial score (nSPS) is 11.6. The van der Waals surface area contributed by atoms with Crippen molar-refractivity contribution in [2.75, 3.05) is 14.1 Å². The van der Waals surface area contributed by atoms with Gasteiger partial charge >= 0.3 is 0 Å². The number of hydrogen-bond donors (Lipinski definition) is 1. The second-order valence-electron chi connectivity index (χ2n) is 5.39. The second-order valence-corrected chi connectivity index (χ2v) is 7.95. The zero-order chi connectivity index (χ0) is 18.8. The van der Waals surface area contributed by atoms with Crippen LogP contribution in [0.4, 0.5) is 8.78 Å². The van der Waals surface area contributed by atoms with E-state index in [-0.39, 0.29) is 27.6 Å². The molecule has 0 bridgehead atoms. The Morgan fingerprint density at radius 3 is 2.28 bits per heavy atom. The van der Waals surface area contributed by atoms with Gasteiger partial charge in [-0.1, -0.05) is 11.6 Å². The quantitative estimate of drug-likeness (QED) is 0.856. The Kier molecular flexibility index (Phi) is 5.76. The number of halogens is 3. The molecule has 0 saturated heterocycles. The molecule has 134 valence electrons. The first-order chi connectivity index (χ1) is 11.6. The Balaban J connectivity index is 2.24. The molecule has 9 heteroatoms. The van der Waals surface area contributed by atoms with Crippen LogP contribution in [0.2, 0.25) is 5.02 Å². The van der Waals surface area contributed by atoms with Gasteiger partial charge in [0.15, 0.2) is 0 Å². The standard InChI is InChI=1S/C16H15ClF2N2O3S/c1-21(2)25(23,24)13-3-4-15(17)14(8-13)16(22)20-9-10-5-11(18)7-12(19)6-10/h3-8H,9H2,1-2H3,(H,20,22). The summed E-state index contributed by atoms with van der Waals surface area (Å²) in [7, 11) is -1.01. The number of sulfonamides is 1. The molecule has 0 radical (unpaired) electrons. The first kappa shape index (κ1) is 19.3. The highest BCUT2D eigenvalue weighted by Crippen LogP contribution is 2.22. The van der Waals surface area contributed by atoms with Gasteiger partial charge in [-0.2, -0.15) is 0 Å². The molecule has 2 aromatic rings. The van der Waals surface area contributed by atoms with Crippen molar-refractivity contribution < 1.29 is 22.0 Å². The summed E-state index contributed by atoms with van der Waals surface area (Å²) in [6.45, 7) is -0.144. The highest BCUT2D eigenvalue weighted by Gasteiger charge is 2.20. The van der Waals surface area contributed by atoms with E-state index in [1.807, 2.05) is 0 Å². The van der Waals surface area contributed by atoms with E-state index in [0.29, 0.717) is 0 Å². The lowest BCUT2D eigenvalue weighted by atomic mass is 10.2. The van der Waals surface area contributed by atoms with Crippen molar-refractivity contribution in [3.05, 3.63) is 64.2 Å². The average Bonchev–Trinajstić information content (AvgIpc) is 2.51. The van der Waals surface area contributed by atoms with Gasteiger partial charge in [-0.3, -0.25) is 4.79 Å². The van der Waals surface area contributed by atoms with Gasteiger partial charge in [-0.05, 0) is 35.9 Å². The maximum atomic E-state index is 13.2. The first-order valence-electron chi connectivity index (χ1n) is 7.06. The van der Waals surface area contributed by atoms with Crippen LogP contribution in [0.3, 0.4) is 0 Å². The molecule has 1 N–H and O–H groups in total. The predicted octanol–water partition coefficient (Wildman–Crippen LogP) is 2.80. The van der Waals surface area contributed by atoms with E-state index in [9.17, 15) is 22.0 Å². The number of rotatable bonds is 5. The van der Waals surface area contributed by atoms with E-state index in [0.717, 1.165) is 28.6 Å². The van der Waals surface area contributed by atoms with E-state index in [4.69, 9.17) is 11.6 Å². The molecular formula is C16H15ClF2N2O3S. The van der Waals surface area contributed by atoms with Crippen molar-refractivity contribution in [1.82, 2.24) is 9.62 Å². The fraction of sp³-hybridized carbons (Fsp3) is 0.188. The SMILES string of the molecule is CN(C)S(=O)(=O)c1ccc(Cl)c(C(=O)NCc2cc(F)cc(F)c2)c1. The summed E-state index contributed by atoms with van der Waals surface area (Å²) in [5.74, 6) is -2.19. The van der Waals surface area contributed by atoms with Gasteiger partial charge < -0.3 is 5.32 Å². The van der Waals surface area contributed by atoms with Gasteiger partial charge in [0.25, 0.3) is 5.91 Å². The molecule has 2 rings (SSSR count). The van der Waals surface area contributed by atoms with Gasteiger partial charge in [0.2, 0.25) is 10.0 Å². The van der Waals surface area contributed by atoms with Crippen molar-refractivity contribution in [2.24, 2.45) is 0 Å². The summed E-state index contributed by atoms with van der Waals surface area (Å²) in [6, 6.07) is 6.62. The summed E-state index contributed by atoms with van der Waals surface area (Å²) in [5, 5.41) is 2.51. The molecule has 0 atom stereocenters. The van der Waals surface area contributed by atoms with E-state index in [2.05, 4.69) is 5.32 Å². The van der Waals surface area contributed by atoms with E-state index < -0.39 is 27.6 Å². The lowest BCUT2D eigenvalue weighted by molar-refractivity contribution is 0.0950. The topological polar surface area (TPSA) is 66.5 Å². The van der Waals surface area contributed by atoms with E-state index >= 15 is 0 Å². The number of carbonyl (C=O) groups excluding carboxylic acids is 1. The maximum absolute atomic E-state index is 13.2. The number of carbonyl (C=O) groups is 1. The van der Waals surface area contributed by atoms with Crippen molar-refractivity contribution in [1.29, 1.82) is 0 Å². The van der Waals surface area contributed by atoms with Crippen LogP contribution in [0.15, 0.2) is 41.3 Å². The summed E-state index contributed by atoms with van der Waals surface area (Å²) in [5.41, 5.74) is 0.167. The Hall–Kier alpha value is -2.03. The molecule has 0 unspecified atom stereocenters. The zero-order valence-corrected chi connectivity index (χ0v) is 15.0. The summed E-state index contributed by atoms with van der Waals surface area (Å²) < 4.78 is 51.6. The van der Waals surface area contributed by atoms with Crippen LogP contribution < -0.4 is 5.32 Å². The number of hydrogen-bond acceptors (Lipinski definition) is 3. The maximum Gasteiger partial charge on any atom is 0.253 e. The van der Waals surface area contributed by atoms with Crippen molar-refractivity contribution in [2.45, 2.75) is 11.4 Å². The van der Waals surface area contributed by atoms with Gasteiger partial charge in [-0.15, -0.1) is 0 Å². The number of nitrogens with zero attached hydrogens (tertiary/aromatic N) is 1. The molecule has 0 spiro atoms. The fourth-order valence-electron chi connectivity index (χ4n) is 2.04. The van der Waals surface area contributed by atoms with Crippen LogP contribution in [0.1, 0.15) is 15.9 Å². The molecule has 5 nitrogen and oxygen atoms in total. The Bertz CT molecular complexity index is 897. The summed E-state index contributed by atoms with van der Waals surface area (Å²) in [6.07, 6.45) is 0. The molecular weight excluding hydrogens is 374 g/mol. The Morgan fingerprint density at radius 1 is 1.12 bits per heavy atom. The van der Waals surface area contributed by atoms with Crippen LogP contribution in [0.25, 0.3) is 0 Å². The highest BCUT2D eigenvalue weighted by atomic mass is 35.5. The molecule has 0 saturated carbocycles. The minimum atomic E-state index is -3.73. The second kappa shape index (κ2) is 7.47. The Morgan fingerprint density at radius 2 is 1.72 bits per heavy atom. The Labute approximate surface area is 149 Å². The predicted molar refractivity (Wildman–Crippen MR) is 89.9 cm³/mol.